The average Bonchev–Trinajstić information content (AvgIpc) is 2.78. The lowest BCUT2D eigenvalue weighted by atomic mass is 10.5. The van der Waals surface area contributed by atoms with E-state index in [1.807, 2.05) is 30.1 Å². The summed E-state index contributed by atoms with van der Waals surface area (Å²) in [6.07, 6.45) is 3.89. The fraction of sp³-hybridized carbons (Fsp3) is 0.400. The molecule has 0 fully saturated rings. The first-order valence-corrected chi connectivity index (χ1v) is 5.78. The van der Waals surface area contributed by atoms with Gasteiger partial charge in [0.05, 0.1) is 12.2 Å². The smallest absolute Gasteiger partial charge is 0.182 e. The molecule has 0 saturated carbocycles. The molecule has 2 rings (SSSR count). The minimum atomic E-state index is 0.802. The van der Waals surface area contributed by atoms with Gasteiger partial charge in [0.25, 0.3) is 0 Å². The summed E-state index contributed by atoms with van der Waals surface area (Å²) < 4.78 is 1.93. The van der Waals surface area contributed by atoms with E-state index in [1.54, 1.807) is 11.3 Å². The van der Waals surface area contributed by atoms with Gasteiger partial charge in [0.1, 0.15) is 0 Å². The quantitative estimate of drug-likeness (QED) is 0.861. The Labute approximate surface area is 93.0 Å². The van der Waals surface area contributed by atoms with E-state index >= 15 is 0 Å². The van der Waals surface area contributed by atoms with Gasteiger partial charge < -0.3 is 5.32 Å². The van der Waals surface area contributed by atoms with Gasteiger partial charge in [0.15, 0.2) is 5.13 Å². The zero-order valence-electron chi connectivity index (χ0n) is 8.90. The van der Waals surface area contributed by atoms with Crippen molar-refractivity contribution in [3.8, 4) is 0 Å². The lowest BCUT2D eigenvalue weighted by molar-refractivity contribution is 0.686. The predicted molar refractivity (Wildman–Crippen MR) is 62.3 cm³/mol. The number of rotatable bonds is 4. The standard InChI is InChI=1S/C10H14N4S/c1-3-11-10-12-6-9(15-10)7-14-5-4-8(2)13-14/h4-6H,3,7H2,1-2H3,(H,11,12). The van der Waals surface area contributed by atoms with Crippen LogP contribution in [0, 0.1) is 6.92 Å². The van der Waals surface area contributed by atoms with Crippen molar-refractivity contribution < 1.29 is 0 Å². The highest BCUT2D eigenvalue weighted by Gasteiger charge is 2.02. The molecule has 4 nitrogen and oxygen atoms in total. The number of nitrogens with zero attached hydrogens (tertiary/aromatic N) is 3. The summed E-state index contributed by atoms with van der Waals surface area (Å²) in [5, 5.41) is 8.52. The van der Waals surface area contributed by atoms with Crippen LogP contribution < -0.4 is 5.32 Å². The van der Waals surface area contributed by atoms with Gasteiger partial charge in [-0.05, 0) is 19.9 Å². The highest BCUT2D eigenvalue weighted by molar-refractivity contribution is 7.15. The number of thiazole rings is 1. The van der Waals surface area contributed by atoms with Gasteiger partial charge in [-0.25, -0.2) is 4.98 Å². The van der Waals surface area contributed by atoms with Crippen LogP contribution in [-0.2, 0) is 6.54 Å². The van der Waals surface area contributed by atoms with Crippen molar-refractivity contribution >= 4 is 16.5 Å². The summed E-state index contributed by atoms with van der Waals surface area (Å²) in [5.41, 5.74) is 1.05. The van der Waals surface area contributed by atoms with Gasteiger partial charge in [-0.1, -0.05) is 0 Å². The Balaban J connectivity index is 2.04. The fourth-order valence-electron chi connectivity index (χ4n) is 1.32. The lowest BCUT2D eigenvalue weighted by Gasteiger charge is -1.96. The van der Waals surface area contributed by atoms with Crippen LogP contribution in [0.2, 0.25) is 0 Å². The topological polar surface area (TPSA) is 42.7 Å². The van der Waals surface area contributed by atoms with Crippen molar-refractivity contribution in [2.75, 3.05) is 11.9 Å². The van der Waals surface area contributed by atoms with Crippen LogP contribution in [-0.4, -0.2) is 21.3 Å². The van der Waals surface area contributed by atoms with Gasteiger partial charge in [0.2, 0.25) is 0 Å². The number of aryl methyl sites for hydroxylation is 1. The summed E-state index contributed by atoms with van der Waals surface area (Å²) in [4.78, 5) is 5.49. The number of aromatic nitrogens is 3. The molecule has 1 N–H and O–H groups in total. The van der Waals surface area contributed by atoms with E-state index in [2.05, 4.69) is 22.3 Å². The van der Waals surface area contributed by atoms with Gasteiger partial charge in [0, 0.05) is 23.8 Å². The Bertz CT molecular complexity index is 432. The summed E-state index contributed by atoms with van der Waals surface area (Å²) in [6, 6.07) is 2.01. The van der Waals surface area contributed by atoms with Crippen molar-refractivity contribution in [3.63, 3.8) is 0 Å². The summed E-state index contributed by atoms with van der Waals surface area (Å²) in [5.74, 6) is 0. The minimum Gasteiger partial charge on any atom is -0.362 e. The maximum Gasteiger partial charge on any atom is 0.182 e. The first-order chi connectivity index (χ1) is 7.28. The van der Waals surface area contributed by atoms with E-state index in [-0.39, 0.29) is 0 Å². The number of hydrogen-bond acceptors (Lipinski definition) is 4. The SMILES string of the molecule is CCNc1ncc(Cn2ccc(C)n2)s1. The zero-order valence-corrected chi connectivity index (χ0v) is 9.71. The van der Waals surface area contributed by atoms with E-state index in [1.165, 1.54) is 4.88 Å². The van der Waals surface area contributed by atoms with E-state index in [0.29, 0.717) is 0 Å². The molecule has 0 aromatic carbocycles. The number of hydrogen-bond donors (Lipinski definition) is 1. The fourth-order valence-corrected chi connectivity index (χ4v) is 2.20. The molecule has 0 atom stereocenters. The van der Waals surface area contributed by atoms with Gasteiger partial charge in [-0.2, -0.15) is 5.10 Å². The van der Waals surface area contributed by atoms with Crippen LogP contribution in [0.25, 0.3) is 0 Å². The normalized spacial score (nSPS) is 10.5. The largest absolute Gasteiger partial charge is 0.362 e. The van der Waals surface area contributed by atoms with Gasteiger partial charge >= 0.3 is 0 Å². The monoisotopic (exact) mass is 222 g/mol. The van der Waals surface area contributed by atoms with Crippen molar-refractivity contribution in [2.24, 2.45) is 0 Å². The third-order valence-corrected chi connectivity index (χ3v) is 2.91. The van der Waals surface area contributed by atoms with Crippen molar-refractivity contribution in [3.05, 3.63) is 29.0 Å². The molecular weight excluding hydrogens is 208 g/mol. The average molecular weight is 222 g/mol. The first kappa shape index (κ1) is 10.2. The predicted octanol–water partition coefficient (Wildman–Crippen LogP) is 2.13. The third-order valence-electron chi connectivity index (χ3n) is 1.97. The van der Waals surface area contributed by atoms with E-state index in [9.17, 15) is 0 Å². The first-order valence-electron chi connectivity index (χ1n) is 4.96. The molecule has 0 aliphatic carbocycles. The molecule has 5 heteroatoms. The highest BCUT2D eigenvalue weighted by Crippen LogP contribution is 2.18. The molecule has 15 heavy (non-hydrogen) atoms. The second kappa shape index (κ2) is 4.44. The lowest BCUT2D eigenvalue weighted by Crippen LogP contribution is -1.98. The molecule has 2 heterocycles. The molecule has 0 aliphatic heterocycles. The molecule has 0 amide bonds. The molecule has 2 aromatic heterocycles. The van der Waals surface area contributed by atoms with Gasteiger partial charge in [-0.15, -0.1) is 11.3 Å². The van der Waals surface area contributed by atoms with E-state index in [0.717, 1.165) is 23.9 Å². The Morgan fingerprint density at radius 2 is 2.40 bits per heavy atom. The third kappa shape index (κ3) is 2.56. The van der Waals surface area contributed by atoms with Crippen LogP contribution in [0.1, 0.15) is 17.5 Å². The second-order valence-corrected chi connectivity index (χ2v) is 4.43. The van der Waals surface area contributed by atoms with Crippen LogP contribution in [0.5, 0.6) is 0 Å². The maximum atomic E-state index is 4.34. The van der Waals surface area contributed by atoms with Crippen molar-refractivity contribution in [1.82, 2.24) is 14.8 Å². The Kier molecular flexibility index (Phi) is 3.01. The van der Waals surface area contributed by atoms with Crippen LogP contribution in [0.15, 0.2) is 18.5 Å². The van der Waals surface area contributed by atoms with Crippen LogP contribution in [0.4, 0.5) is 5.13 Å². The van der Waals surface area contributed by atoms with Crippen molar-refractivity contribution in [2.45, 2.75) is 20.4 Å². The highest BCUT2D eigenvalue weighted by atomic mass is 32.1. The molecular formula is C10H14N4S. The van der Waals surface area contributed by atoms with Crippen LogP contribution in [0.3, 0.4) is 0 Å². The van der Waals surface area contributed by atoms with E-state index in [4.69, 9.17) is 0 Å². The minimum absolute atomic E-state index is 0.802. The molecule has 0 saturated heterocycles. The molecule has 2 aromatic rings. The molecule has 0 radical (unpaired) electrons. The number of anilines is 1. The molecule has 80 valence electrons. The Morgan fingerprint density at radius 3 is 3.07 bits per heavy atom. The maximum absolute atomic E-state index is 4.34. The summed E-state index contributed by atoms with van der Waals surface area (Å²) in [6.45, 7) is 5.77. The Hall–Kier alpha value is -1.36. The van der Waals surface area contributed by atoms with Crippen molar-refractivity contribution in [1.29, 1.82) is 0 Å². The zero-order chi connectivity index (χ0) is 10.7. The summed E-state index contributed by atoms with van der Waals surface area (Å²) >= 11 is 1.68. The molecule has 0 aliphatic rings. The second-order valence-electron chi connectivity index (χ2n) is 3.32. The molecule has 0 spiro atoms. The summed E-state index contributed by atoms with van der Waals surface area (Å²) in [7, 11) is 0. The van der Waals surface area contributed by atoms with Crippen LogP contribution >= 0.6 is 11.3 Å². The molecule has 0 bridgehead atoms. The Morgan fingerprint density at radius 1 is 1.53 bits per heavy atom. The number of nitrogens with one attached hydrogen (secondary N) is 1. The molecule has 0 unspecified atom stereocenters. The van der Waals surface area contributed by atoms with Gasteiger partial charge in [-0.3, -0.25) is 4.68 Å². The van der Waals surface area contributed by atoms with E-state index < -0.39 is 0 Å².